The first-order chi connectivity index (χ1) is 10.8. The van der Waals surface area contributed by atoms with Gasteiger partial charge < -0.3 is 9.47 Å². The lowest BCUT2D eigenvalue weighted by Gasteiger charge is -2.52. The van der Waals surface area contributed by atoms with Crippen molar-refractivity contribution in [1.29, 1.82) is 0 Å². The zero-order valence-electron chi connectivity index (χ0n) is 12.9. The summed E-state index contributed by atoms with van der Waals surface area (Å²) < 4.78 is 12.0. The average molecular weight is 320 g/mol. The van der Waals surface area contributed by atoms with E-state index in [0.717, 1.165) is 25.0 Å². The number of nitrogens with zero attached hydrogens (tertiary/aromatic N) is 2. The summed E-state index contributed by atoms with van der Waals surface area (Å²) in [6.45, 7) is 5.07. The van der Waals surface area contributed by atoms with E-state index in [2.05, 4.69) is 27.7 Å². The van der Waals surface area contributed by atoms with E-state index in [1.54, 1.807) is 0 Å². The summed E-state index contributed by atoms with van der Waals surface area (Å²) in [4.78, 5) is 6.81. The fraction of sp³-hybridized carbons (Fsp3) is 0.706. The first kappa shape index (κ1) is 14.9. The number of aromatic nitrogens is 1. The van der Waals surface area contributed by atoms with Crippen LogP contribution < -0.4 is 0 Å². The van der Waals surface area contributed by atoms with Gasteiger partial charge in [-0.25, -0.2) is 0 Å². The molecule has 1 aromatic rings. The minimum Gasteiger partial charge on any atom is -0.381 e. The van der Waals surface area contributed by atoms with E-state index in [4.69, 9.17) is 9.47 Å². The number of pyridine rings is 1. The molecule has 0 unspecified atom stereocenters. The molecule has 5 heteroatoms. The number of hydrogen-bond donors (Lipinski definition) is 0. The Morgan fingerprint density at radius 3 is 3.00 bits per heavy atom. The molecule has 1 spiro atoms. The van der Waals surface area contributed by atoms with Gasteiger partial charge in [0, 0.05) is 55.2 Å². The van der Waals surface area contributed by atoms with Crippen LogP contribution in [0.2, 0.25) is 0 Å². The second-order valence-electron chi connectivity index (χ2n) is 6.74. The predicted octanol–water partition coefficient (Wildman–Crippen LogP) is 2.34. The molecule has 4 nitrogen and oxygen atoms in total. The van der Waals surface area contributed by atoms with Crippen molar-refractivity contribution in [3.05, 3.63) is 30.1 Å². The number of thioether (sulfide) groups is 1. The SMILES string of the molecule is c1cncc(CO[C@H]2CSC3(C2)CN(C2CCOCC2)C3)c1. The molecular weight excluding hydrogens is 296 g/mol. The third-order valence-corrected chi connectivity index (χ3v) is 6.65. The van der Waals surface area contributed by atoms with E-state index in [9.17, 15) is 0 Å². The maximum atomic E-state index is 6.10. The fourth-order valence-corrected chi connectivity index (χ4v) is 5.40. The van der Waals surface area contributed by atoms with E-state index in [1.807, 2.05) is 18.5 Å². The summed E-state index contributed by atoms with van der Waals surface area (Å²) in [5.74, 6) is 1.14. The third kappa shape index (κ3) is 3.18. The van der Waals surface area contributed by atoms with Gasteiger partial charge in [0.1, 0.15) is 0 Å². The number of hydrogen-bond acceptors (Lipinski definition) is 5. The van der Waals surface area contributed by atoms with Crippen molar-refractivity contribution >= 4 is 11.8 Å². The van der Waals surface area contributed by atoms with Gasteiger partial charge in [0.15, 0.2) is 0 Å². The van der Waals surface area contributed by atoms with Crippen LogP contribution in [-0.4, -0.2) is 58.8 Å². The molecule has 1 atom stereocenters. The van der Waals surface area contributed by atoms with Gasteiger partial charge in [0.05, 0.1) is 12.7 Å². The van der Waals surface area contributed by atoms with E-state index in [1.165, 1.54) is 37.9 Å². The minimum atomic E-state index is 0.405. The lowest BCUT2D eigenvalue weighted by Crippen LogP contribution is -2.62. The molecule has 3 aliphatic rings. The van der Waals surface area contributed by atoms with Gasteiger partial charge in [-0.1, -0.05) is 6.07 Å². The Balaban J connectivity index is 1.23. The van der Waals surface area contributed by atoms with Crippen molar-refractivity contribution < 1.29 is 9.47 Å². The van der Waals surface area contributed by atoms with Gasteiger partial charge in [-0.3, -0.25) is 9.88 Å². The average Bonchev–Trinajstić information content (AvgIpc) is 2.98. The van der Waals surface area contributed by atoms with Gasteiger partial charge in [-0.2, -0.15) is 0 Å². The largest absolute Gasteiger partial charge is 0.381 e. The van der Waals surface area contributed by atoms with Crippen molar-refractivity contribution in [3.63, 3.8) is 0 Å². The molecule has 3 fully saturated rings. The Kier molecular flexibility index (Phi) is 4.40. The van der Waals surface area contributed by atoms with Crippen molar-refractivity contribution in [3.8, 4) is 0 Å². The highest BCUT2D eigenvalue weighted by Gasteiger charge is 2.50. The summed E-state index contributed by atoms with van der Waals surface area (Å²) in [5, 5.41) is 0. The van der Waals surface area contributed by atoms with Crippen molar-refractivity contribution in [2.45, 2.75) is 42.8 Å². The highest BCUT2D eigenvalue weighted by atomic mass is 32.2. The molecule has 3 aliphatic heterocycles. The zero-order valence-corrected chi connectivity index (χ0v) is 13.8. The molecule has 1 aromatic heterocycles. The lowest BCUT2D eigenvalue weighted by molar-refractivity contribution is -0.0192. The molecule has 3 saturated heterocycles. The van der Waals surface area contributed by atoms with E-state index >= 15 is 0 Å². The van der Waals surface area contributed by atoms with Crippen LogP contribution in [0.5, 0.6) is 0 Å². The summed E-state index contributed by atoms with van der Waals surface area (Å²) in [6, 6.07) is 4.82. The Morgan fingerprint density at radius 2 is 2.23 bits per heavy atom. The first-order valence-corrected chi connectivity index (χ1v) is 9.28. The van der Waals surface area contributed by atoms with Crippen LogP contribution in [0.3, 0.4) is 0 Å². The quantitative estimate of drug-likeness (QED) is 0.851. The molecule has 120 valence electrons. The maximum Gasteiger partial charge on any atom is 0.0736 e. The van der Waals surface area contributed by atoms with Gasteiger partial charge >= 0.3 is 0 Å². The number of rotatable bonds is 4. The van der Waals surface area contributed by atoms with Crippen LogP contribution in [0.1, 0.15) is 24.8 Å². The zero-order chi connectivity index (χ0) is 14.8. The molecule has 0 amide bonds. The third-order valence-electron chi connectivity index (χ3n) is 5.07. The second-order valence-corrected chi connectivity index (χ2v) is 8.23. The maximum absolute atomic E-state index is 6.10. The summed E-state index contributed by atoms with van der Waals surface area (Å²) in [6.07, 6.45) is 7.74. The van der Waals surface area contributed by atoms with Crippen molar-refractivity contribution in [1.82, 2.24) is 9.88 Å². The summed E-state index contributed by atoms with van der Waals surface area (Å²) in [5.41, 5.74) is 1.17. The van der Waals surface area contributed by atoms with Crippen LogP contribution >= 0.6 is 11.8 Å². The fourth-order valence-electron chi connectivity index (χ4n) is 3.83. The lowest BCUT2D eigenvalue weighted by atomic mass is 9.89. The minimum absolute atomic E-state index is 0.405. The monoisotopic (exact) mass is 320 g/mol. The molecule has 0 saturated carbocycles. The molecular formula is C17H24N2O2S. The standard InChI is InChI=1S/C17H24N2O2S/c1-2-14(9-18-5-1)10-21-16-8-17(22-11-16)12-19(13-17)15-3-6-20-7-4-15/h1-2,5,9,15-16H,3-4,6-8,10-13H2/t16-/m1/s1. The molecule has 0 aromatic carbocycles. The van der Waals surface area contributed by atoms with Crippen LogP contribution in [0, 0.1) is 0 Å². The smallest absolute Gasteiger partial charge is 0.0736 e. The van der Waals surface area contributed by atoms with Crippen LogP contribution in [0.4, 0.5) is 0 Å². The van der Waals surface area contributed by atoms with Crippen LogP contribution in [0.25, 0.3) is 0 Å². The van der Waals surface area contributed by atoms with Gasteiger partial charge in [0.25, 0.3) is 0 Å². The van der Waals surface area contributed by atoms with Crippen molar-refractivity contribution in [2.24, 2.45) is 0 Å². The topological polar surface area (TPSA) is 34.6 Å². The van der Waals surface area contributed by atoms with Crippen LogP contribution in [0.15, 0.2) is 24.5 Å². The molecule has 0 bridgehead atoms. The summed E-state index contributed by atoms with van der Waals surface area (Å²) >= 11 is 2.13. The Labute approximate surface area is 136 Å². The van der Waals surface area contributed by atoms with Gasteiger partial charge in [-0.05, 0) is 30.9 Å². The molecule has 4 heterocycles. The van der Waals surface area contributed by atoms with E-state index < -0.39 is 0 Å². The van der Waals surface area contributed by atoms with E-state index in [0.29, 0.717) is 17.5 Å². The molecule has 0 N–H and O–H groups in total. The highest BCUT2D eigenvalue weighted by molar-refractivity contribution is 8.01. The van der Waals surface area contributed by atoms with Gasteiger partial charge in [0.2, 0.25) is 0 Å². The number of likely N-dealkylation sites (tertiary alicyclic amines) is 1. The number of ether oxygens (including phenoxy) is 2. The molecule has 4 rings (SSSR count). The molecule has 0 radical (unpaired) electrons. The van der Waals surface area contributed by atoms with Crippen LogP contribution in [-0.2, 0) is 16.1 Å². The normalized spacial score (nSPS) is 28.8. The highest BCUT2D eigenvalue weighted by Crippen LogP contribution is 2.47. The Hall–Kier alpha value is -0.620. The first-order valence-electron chi connectivity index (χ1n) is 8.29. The predicted molar refractivity (Wildman–Crippen MR) is 88.0 cm³/mol. The molecule has 0 aliphatic carbocycles. The summed E-state index contributed by atoms with van der Waals surface area (Å²) in [7, 11) is 0. The second kappa shape index (κ2) is 6.48. The van der Waals surface area contributed by atoms with Gasteiger partial charge in [-0.15, -0.1) is 11.8 Å². The van der Waals surface area contributed by atoms with E-state index in [-0.39, 0.29) is 0 Å². The Bertz CT molecular complexity index is 487. The molecule has 22 heavy (non-hydrogen) atoms. The van der Waals surface area contributed by atoms with Crippen molar-refractivity contribution in [2.75, 3.05) is 32.1 Å². The Morgan fingerprint density at radius 1 is 1.36 bits per heavy atom.